The molecule has 0 aliphatic heterocycles. The SMILES string of the molecule is C[C@@H](O)c1ccccc1N(C)CC1CC1. The summed E-state index contributed by atoms with van der Waals surface area (Å²) >= 11 is 0. The molecule has 2 rings (SSSR count). The number of aliphatic hydroxyl groups is 1. The fraction of sp³-hybridized carbons (Fsp3) is 0.538. The molecular formula is C13H19NO. The van der Waals surface area contributed by atoms with Gasteiger partial charge in [-0.05, 0) is 31.7 Å². The maximum atomic E-state index is 9.68. The molecule has 1 atom stereocenters. The van der Waals surface area contributed by atoms with E-state index >= 15 is 0 Å². The predicted molar refractivity (Wildman–Crippen MR) is 63.1 cm³/mol. The Morgan fingerprint density at radius 3 is 2.67 bits per heavy atom. The predicted octanol–water partition coefficient (Wildman–Crippen LogP) is 2.59. The van der Waals surface area contributed by atoms with E-state index in [9.17, 15) is 5.11 Å². The second-order valence-corrected chi connectivity index (χ2v) is 4.56. The van der Waals surface area contributed by atoms with Crippen LogP contribution in [0.5, 0.6) is 0 Å². The molecule has 0 radical (unpaired) electrons. The Morgan fingerprint density at radius 2 is 2.07 bits per heavy atom. The van der Waals surface area contributed by atoms with E-state index < -0.39 is 0 Å². The topological polar surface area (TPSA) is 23.5 Å². The molecular weight excluding hydrogens is 186 g/mol. The first-order valence-corrected chi connectivity index (χ1v) is 5.66. The van der Waals surface area contributed by atoms with Crippen molar-refractivity contribution in [3.05, 3.63) is 29.8 Å². The standard InChI is InChI=1S/C13H19NO/c1-10(15)12-5-3-4-6-13(12)14(2)9-11-7-8-11/h3-6,10-11,15H,7-9H2,1-2H3/t10-/m1/s1. The van der Waals surface area contributed by atoms with Crippen LogP contribution in [0.1, 0.15) is 31.4 Å². The van der Waals surface area contributed by atoms with E-state index in [0.29, 0.717) is 0 Å². The number of rotatable bonds is 4. The minimum absolute atomic E-state index is 0.386. The highest BCUT2D eigenvalue weighted by Gasteiger charge is 2.23. The van der Waals surface area contributed by atoms with Gasteiger partial charge < -0.3 is 10.0 Å². The lowest BCUT2D eigenvalue weighted by atomic mass is 10.1. The minimum Gasteiger partial charge on any atom is -0.389 e. The molecule has 0 heterocycles. The number of nitrogens with zero attached hydrogens (tertiary/aromatic N) is 1. The summed E-state index contributed by atoms with van der Waals surface area (Å²) in [7, 11) is 2.11. The van der Waals surface area contributed by atoms with E-state index in [-0.39, 0.29) is 6.10 Å². The Hall–Kier alpha value is -1.02. The average molecular weight is 205 g/mol. The second kappa shape index (κ2) is 4.23. The van der Waals surface area contributed by atoms with Gasteiger partial charge in [0.2, 0.25) is 0 Å². The summed E-state index contributed by atoms with van der Waals surface area (Å²) in [6.07, 6.45) is 2.34. The number of aliphatic hydroxyl groups excluding tert-OH is 1. The van der Waals surface area contributed by atoms with Crippen molar-refractivity contribution >= 4 is 5.69 Å². The van der Waals surface area contributed by atoms with Crippen molar-refractivity contribution in [1.29, 1.82) is 0 Å². The summed E-state index contributed by atoms with van der Waals surface area (Å²) in [5, 5.41) is 9.68. The van der Waals surface area contributed by atoms with Crippen LogP contribution in [0, 0.1) is 5.92 Å². The van der Waals surface area contributed by atoms with Crippen molar-refractivity contribution in [2.45, 2.75) is 25.9 Å². The maximum Gasteiger partial charge on any atom is 0.0781 e. The number of para-hydroxylation sites is 1. The number of hydrogen-bond acceptors (Lipinski definition) is 2. The van der Waals surface area contributed by atoms with Crippen molar-refractivity contribution < 1.29 is 5.11 Å². The molecule has 0 aromatic heterocycles. The Morgan fingerprint density at radius 1 is 1.40 bits per heavy atom. The highest BCUT2D eigenvalue weighted by molar-refractivity contribution is 5.54. The van der Waals surface area contributed by atoms with Gasteiger partial charge in [-0.1, -0.05) is 18.2 Å². The molecule has 0 bridgehead atoms. The maximum absolute atomic E-state index is 9.68. The number of hydrogen-bond donors (Lipinski definition) is 1. The van der Waals surface area contributed by atoms with Gasteiger partial charge >= 0.3 is 0 Å². The van der Waals surface area contributed by atoms with Crippen LogP contribution in [0.3, 0.4) is 0 Å². The van der Waals surface area contributed by atoms with Crippen molar-refractivity contribution in [3.63, 3.8) is 0 Å². The van der Waals surface area contributed by atoms with E-state index in [0.717, 1.165) is 18.0 Å². The van der Waals surface area contributed by atoms with Crippen LogP contribution in [0.4, 0.5) is 5.69 Å². The normalized spacial score (nSPS) is 17.5. The monoisotopic (exact) mass is 205 g/mol. The smallest absolute Gasteiger partial charge is 0.0781 e. The molecule has 0 spiro atoms. The van der Waals surface area contributed by atoms with E-state index in [1.165, 1.54) is 18.5 Å². The summed E-state index contributed by atoms with van der Waals surface area (Å²) in [5.74, 6) is 0.872. The lowest BCUT2D eigenvalue weighted by Crippen LogP contribution is -2.21. The van der Waals surface area contributed by atoms with E-state index in [2.05, 4.69) is 18.0 Å². The summed E-state index contributed by atoms with van der Waals surface area (Å²) in [4.78, 5) is 2.26. The summed E-state index contributed by atoms with van der Waals surface area (Å²) < 4.78 is 0. The minimum atomic E-state index is -0.386. The summed E-state index contributed by atoms with van der Waals surface area (Å²) in [6.45, 7) is 2.94. The number of anilines is 1. The fourth-order valence-electron chi connectivity index (χ4n) is 1.97. The van der Waals surface area contributed by atoms with Gasteiger partial charge in [0.05, 0.1) is 6.10 Å². The van der Waals surface area contributed by atoms with Crippen molar-refractivity contribution in [2.24, 2.45) is 5.92 Å². The third-order valence-electron chi connectivity index (χ3n) is 3.03. The Kier molecular flexibility index (Phi) is 2.96. The molecule has 1 fully saturated rings. The Bertz CT molecular complexity index is 331. The Labute approximate surface area is 91.5 Å². The molecule has 0 unspecified atom stereocenters. The van der Waals surface area contributed by atoms with Crippen LogP contribution in [0.15, 0.2) is 24.3 Å². The van der Waals surface area contributed by atoms with E-state index in [1.807, 2.05) is 25.1 Å². The molecule has 1 N–H and O–H groups in total. The lowest BCUT2D eigenvalue weighted by Gasteiger charge is -2.23. The summed E-state index contributed by atoms with van der Waals surface area (Å²) in [5.41, 5.74) is 2.19. The molecule has 2 nitrogen and oxygen atoms in total. The van der Waals surface area contributed by atoms with Crippen LogP contribution in [0.2, 0.25) is 0 Å². The van der Waals surface area contributed by atoms with Crippen molar-refractivity contribution in [1.82, 2.24) is 0 Å². The van der Waals surface area contributed by atoms with Crippen molar-refractivity contribution in [2.75, 3.05) is 18.5 Å². The second-order valence-electron chi connectivity index (χ2n) is 4.56. The molecule has 1 aliphatic rings. The van der Waals surface area contributed by atoms with Gasteiger partial charge in [0.1, 0.15) is 0 Å². The van der Waals surface area contributed by atoms with Crippen molar-refractivity contribution in [3.8, 4) is 0 Å². The molecule has 1 saturated carbocycles. The average Bonchev–Trinajstić information content (AvgIpc) is 3.01. The van der Waals surface area contributed by atoms with Crippen LogP contribution < -0.4 is 4.90 Å². The third kappa shape index (κ3) is 2.51. The molecule has 1 aromatic carbocycles. The molecule has 15 heavy (non-hydrogen) atoms. The van der Waals surface area contributed by atoms with Crippen LogP contribution in [0.25, 0.3) is 0 Å². The van der Waals surface area contributed by atoms with Crippen LogP contribution in [-0.4, -0.2) is 18.7 Å². The summed E-state index contributed by atoms with van der Waals surface area (Å²) in [6, 6.07) is 8.11. The van der Waals surface area contributed by atoms with E-state index in [4.69, 9.17) is 0 Å². The molecule has 0 saturated heterocycles. The first-order valence-electron chi connectivity index (χ1n) is 5.66. The van der Waals surface area contributed by atoms with Gasteiger partial charge in [0, 0.05) is 24.8 Å². The Balaban J connectivity index is 2.16. The first-order chi connectivity index (χ1) is 7.18. The van der Waals surface area contributed by atoms with Gasteiger partial charge in [-0.3, -0.25) is 0 Å². The van der Waals surface area contributed by atoms with Gasteiger partial charge in [-0.2, -0.15) is 0 Å². The number of benzene rings is 1. The highest BCUT2D eigenvalue weighted by atomic mass is 16.3. The van der Waals surface area contributed by atoms with E-state index in [1.54, 1.807) is 0 Å². The van der Waals surface area contributed by atoms with Gasteiger partial charge in [0.15, 0.2) is 0 Å². The molecule has 0 amide bonds. The van der Waals surface area contributed by atoms with Crippen LogP contribution >= 0.6 is 0 Å². The quantitative estimate of drug-likeness (QED) is 0.816. The van der Waals surface area contributed by atoms with Gasteiger partial charge in [-0.25, -0.2) is 0 Å². The lowest BCUT2D eigenvalue weighted by molar-refractivity contribution is 0.199. The first kappa shape index (κ1) is 10.5. The third-order valence-corrected chi connectivity index (χ3v) is 3.03. The zero-order valence-electron chi connectivity index (χ0n) is 9.48. The van der Waals surface area contributed by atoms with Gasteiger partial charge in [-0.15, -0.1) is 0 Å². The molecule has 1 aromatic rings. The zero-order chi connectivity index (χ0) is 10.8. The highest BCUT2D eigenvalue weighted by Crippen LogP contribution is 2.32. The molecule has 82 valence electrons. The zero-order valence-corrected chi connectivity index (χ0v) is 9.48. The fourth-order valence-corrected chi connectivity index (χ4v) is 1.97. The van der Waals surface area contributed by atoms with Gasteiger partial charge in [0.25, 0.3) is 0 Å². The largest absolute Gasteiger partial charge is 0.389 e. The molecule has 2 heteroatoms. The van der Waals surface area contributed by atoms with Crippen LogP contribution in [-0.2, 0) is 0 Å². The molecule has 1 aliphatic carbocycles.